The van der Waals surface area contributed by atoms with Gasteiger partial charge in [0.2, 0.25) is 0 Å². The highest BCUT2D eigenvalue weighted by molar-refractivity contribution is 5.56. The van der Waals surface area contributed by atoms with Crippen molar-refractivity contribution < 1.29 is 19.0 Å². The molecule has 0 radical (unpaired) electrons. The molecule has 4 heteroatoms. The van der Waals surface area contributed by atoms with Crippen LogP contribution in [-0.2, 0) is 4.74 Å². The van der Waals surface area contributed by atoms with Crippen LogP contribution in [0.5, 0.6) is 0 Å². The summed E-state index contributed by atoms with van der Waals surface area (Å²) in [6, 6.07) is 0. The zero-order valence-electron chi connectivity index (χ0n) is 5.13. The van der Waals surface area contributed by atoms with Crippen LogP contribution in [0, 0.1) is 0 Å². The van der Waals surface area contributed by atoms with E-state index in [9.17, 15) is 9.18 Å². The van der Waals surface area contributed by atoms with Gasteiger partial charge in [-0.25, -0.2) is 9.18 Å². The maximum atomic E-state index is 12.1. The Balaban J connectivity index is 3.16. The molecule has 0 rings (SSSR count). The fourth-order valence-electron chi connectivity index (χ4n) is 0.280. The normalized spacial score (nSPS) is 12.7. The van der Waals surface area contributed by atoms with Gasteiger partial charge in [0.05, 0.1) is 0 Å². The lowest BCUT2D eigenvalue weighted by atomic mass is 10.3. The number of hydrogen-bond acceptors (Lipinski definition) is 2. The Morgan fingerprint density at radius 2 is 2.44 bits per heavy atom. The minimum absolute atomic E-state index is 0.285. The lowest BCUT2D eigenvalue weighted by Gasteiger charge is -2.01. The Morgan fingerprint density at radius 3 is 2.78 bits per heavy atom. The Bertz CT molecular complexity index is 94.2. The minimum atomic E-state index is -1.42. The molecule has 0 aliphatic heterocycles. The van der Waals surface area contributed by atoms with Crippen LogP contribution in [0.15, 0.2) is 0 Å². The first-order valence-electron chi connectivity index (χ1n) is 2.66. The molecular formula is C5H9FO3. The van der Waals surface area contributed by atoms with Crippen LogP contribution in [-0.4, -0.2) is 24.0 Å². The van der Waals surface area contributed by atoms with E-state index in [0.717, 1.165) is 0 Å². The highest BCUT2D eigenvalue weighted by atomic mass is 19.1. The third-order valence-corrected chi connectivity index (χ3v) is 0.831. The molecule has 0 aromatic heterocycles. The van der Waals surface area contributed by atoms with Gasteiger partial charge in [-0.3, -0.25) is 0 Å². The fraction of sp³-hybridized carbons (Fsp3) is 0.800. The maximum Gasteiger partial charge on any atom is 0.505 e. The second kappa shape index (κ2) is 4.12. The second-order valence-electron chi connectivity index (χ2n) is 1.58. The van der Waals surface area contributed by atoms with Gasteiger partial charge in [-0.05, 0) is 6.42 Å². The van der Waals surface area contributed by atoms with Crippen molar-refractivity contribution in [1.29, 1.82) is 0 Å². The molecule has 1 atom stereocenters. The summed E-state index contributed by atoms with van der Waals surface area (Å²) in [5.41, 5.74) is 0. The van der Waals surface area contributed by atoms with E-state index in [4.69, 9.17) is 5.11 Å². The number of carboxylic acid groups (broad SMARTS) is 1. The molecule has 0 bridgehead atoms. The first-order chi connectivity index (χ1) is 4.16. The zero-order valence-corrected chi connectivity index (χ0v) is 5.13. The SMILES string of the molecule is CCC(F)COC(=O)O. The summed E-state index contributed by atoms with van der Waals surface area (Å²) in [7, 11) is 0. The summed E-state index contributed by atoms with van der Waals surface area (Å²) in [5.74, 6) is 0. The lowest BCUT2D eigenvalue weighted by Crippen LogP contribution is -2.12. The summed E-state index contributed by atoms with van der Waals surface area (Å²) in [6.45, 7) is 1.27. The van der Waals surface area contributed by atoms with E-state index in [1.165, 1.54) is 0 Å². The van der Waals surface area contributed by atoms with Crippen molar-refractivity contribution in [2.24, 2.45) is 0 Å². The molecular weight excluding hydrogens is 127 g/mol. The maximum absolute atomic E-state index is 12.1. The third-order valence-electron chi connectivity index (χ3n) is 0.831. The lowest BCUT2D eigenvalue weighted by molar-refractivity contribution is 0.0670. The highest BCUT2D eigenvalue weighted by Gasteiger charge is 2.05. The molecule has 1 unspecified atom stereocenters. The summed E-state index contributed by atoms with van der Waals surface area (Å²) in [5, 5.41) is 7.87. The van der Waals surface area contributed by atoms with Crippen LogP contribution >= 0.6 is 0 Å². The van der Waals surface area contributed by atoms with Gasteiger partial charge in [0.15, 0.2) is 0 Å². The minimum Gasteiger partial charge on any atom is -0.450 e. The number of carbonyl (C=O) groups is 1. The number of hydrogen-bond donors (Lipinski definition) is 1. The van der Waals surface area contributed by atoms with Gasteiger partial charge in [-0.2, -0.15) is 0 Å². The molecule has 0 aliphatic rings. The van der Waals surface area contributed by atoms with Crippen molar-refractivity contribution in [3.8, 4) is 0 Å². The number of alkyl halides is 1. The van der Waals surface area contributed by atoms with Gasteiger partial charge in [0, 0.05) is 0 Å². The Labute approximate surface area is 52.4 Å². The Morgan fingerprint density at radius 1 is 1.89 bits per heavy atom. The fourth-order valence-corrected chi connectivity index (χ4v) is 0.280. The smallest absolute Gasteiger partial charge is 0.450 e. The predicted molar refractivity (Wildman–Crippen MR) is 29.2 cm³/mol. The first-order valence-corrected chi connectivity index (χ1v) is 2.66. The van der Waals surface area contributed by atoms with Crippen molar-refractivity contribution >= 4 is 6.16 Å². The first kappa shape index (κ1) is 8.20. The van der Waals surface area contributed by atoms with Crippen molar-refractivity contribution in [1.82, 2.24) is 0 Å². The standard InChI is InChI=1S/C5H9FO3/c1-2-4(6)3-9-5(7)8/h4H,2-3H2,1H3,(H,7,8). The van der Waals surface area contributed by atoms with E-state index in [1.54, 1.807) is 6.92 Å². The number of ether oxygens (including phenoxy) is 1. The Hall–Kier alpha value is -0.800. The third kappa shape index (κ3) is 5.06. The molecule has 54 valence electrons. The summed E-state index contributed by atoms with van der Waals surface area (Å²) in [6.07, 6.45) is -2.31. The van der Waals surface area contributed by atoms with E-state index >= 15 is 0 Å². The van der Waals surface area contributed by atoms with Gasteiger partial charge in [0.25, 0.3) is 0 Å². The van der Waals surface area contributed by atoms with Crippen molar-refractivity contribution in [3.63, 3.8) is 0 Å². The molecule has 1 N–H and O–H groups in total. The zero-order chi connectivity index (χ0) is 7.28. The van der Waals surface area contributed by atoms with Gasteiger partial charge in [0.1, 0.15) is 12.8 Å². The summed E-state index contributed by atoms with van der Waals surface area (Å²) in [4.78, 5) is 9.63. The number of rotatable bonds is 3. The van der Waals surface area contributed by atoms with E-state index in [-0.39, 0.29) is 13.0 Å². The molecule has 9 heavy (non-hydrogen) atoms. The van der Waals surface area contributed by atoms with Gasteiger partial charge < -0.3 is 9.84 Å². The van der Waals surface area contributed by atoms with Crippen LogP contribution in [0.3, 0.4) is 0 Å². The second-order valence-corrected chi connectivity index (χ2v) is 1.58. The monoisotopic (exact) mass is 136 g/mol. The molecule has 0 amide bonds. The van der Waals surface area contributed by atoms with E-state index in [0.29, 0.717) is 0 Å². The van der Waals surface area contributed by atoms with Gasteiger partial charge in [-0.1, -0.05) is 6.92 Å². The van der Waals surface area contributed by atoms with Crippen molar-refractivity contribution in [2.75, 3.05) is 6.61 Å². The molecule has 0 spiro atoms. The topological polar surface area (TPSA) is 46.5 Å². The molecule has 0 heterocycles. The van der Waals surface area contributed by atoms with E-state index in [2.05, 4.69) is 4.74 Å². The predicted octanol–water partition coefficient (Wildman–Crippen LogP) is 1.43. The van der Waals surface area contributed by atoms with Crippen LogP contribution in [0.1, 0.15) is 13.3 Å². The molecule has 3 nitrogen and oxygen atoms in total. The van der Waals surface area contributed by atoms with E-state index < -0.39 is 12.3 Å². The Kier molecular flexibility index (Phi) is 3.75. The summed E-state index contributed by atoms with van der Waals surface area (Å²) < 4.78 is 16.0. The van der Waals surface area contributed by atoms with Gasteiger partial charge in [-0.15, -0.1) is 0 Å². The molecule has 0 aromatic rings. The van der Waals surface area contributed by atoms with Gasteiger partial charge >= 0.3 is 6.16 Å². The molecule has 0 aromatic carbocycles. The number of halogens is 1. The average molecular weight is 136 g/mol. The highest BCUT2D eigenvalue weighted by Crippen LogP contribution is 1.96. The van der Waals surface area contributed by atoms with Crippen LogP contribution < -0.4 is 0 Å². The average Bonchev–Trinajstić information content (AvgIpc) is 1.83. The molecule has 0 aliphatic carbocycles. The van der Waals surface area contributed by atoms with E-state index in [1.807, 2.05) is 0 Å². The molecule has 0 fully saturated rings. The van der Waals surface area contributed by atoms with Crippen LogP contribution in [0.4, 0.5) is 9.18 Å². The van der Waals surface area contributed by atoms with Crippen molar-refractivity contribution in [3.05, 3.63) is 0 Å². The van der Waals surface area contributed by atoms with Crippen LogP contribution in [0.25, 0.3) is 0 Å². The molecule has 0 saturated heterocycles. The largest absolute Gasteiger partial charge is 0.505 e. The molecule has 0 saturated carbocycles. The van der Waals surface area contributed by atoms with Crippen LogP contribution in [0.2, 0.25) is 0 Å². The quantitative estimate of drug-likeness (QED) is 0.597. The van der Waals surface area contributed by atoms with Crippen molar-refractivity contribution in [2.45, 2.75) is 19.5 Å². The summed E-state index contributed by atoms with van der Waals surface area (Å²) >= 11 is 0.